The molecule has 1 unspecified atom stereocenters. The van der Waals surface area contributed by atoms with Gasteiger partial charge in [-0.3, -0.25) is 0 Å². The van der Waals surface area contributed by atoms with Gasteiger partial charge in [0.2, 0.25) is 0 Å². The first-order valence-electron chi connectivity index (χ1n) is 9.66. The average Bonchev–Trinajstić information content (AvgIpc) is 2.78. The van der Waals surface area contributed by atoms with Gasteiger partial charge in [0.1, 0.15) is 31.5 Å². The first-order valence-corrected chi connectivity index (χ1v) is 9.66. The zero-order chi connectivity index (χ0) is 20.2. The Kier molecular flexibility index (Phi) is 6.22. The number of nitrogens with zero attached hydrogens (tertiary/aromatic N) is 1. The van der Waals surface area contributed by atoms with Crippen LogP contribution in [0.5, 0.6) is 0 Å². The Morgan fingerprint density at radius 1 is 1.00 bits per heavy atom. The standard InChI is InChI=1S/C22H25NO6/c1-26-23-16(14-8-4-2-5-9-14)12-17-19(24)20(25)21-18(28-17)13-27-22(29-21)15-10-6-3-7-11-15/h2-11,17-22,24-25H,12-13H2,1H3/b23-16-/t17-,18+,19-,20+,21+,22?/m0/s1. The number of hydrogen-bond acceptors (Lipinski definition) is 7. The number of ether oxygens (including phenoxy) is 3. The molecule has 0 aromatic heterocycles. The Hall–Kier alpha value is -2.29. The van der Waals surface area contributed by atoms with Crippen LogP contribution in [0.3, 0.4) is 0 Å². The fraction of sp³-hybridized carbons (Fsp3) is 0.409. The van der Waals surface area contributed by atoms with Crippen LogP contribution in [0.4, 0.5) is 0 Å². The maximum atomic E-state index is 10.7. The number of aliphatic hydroxyl groups excluding tert-OH is 2. The molecule has 2 fully saturated rings. The summed E-state index contributed by atoms with van der Waals surface area (Å²) in [6, 6.07) is 19.0. The molecular weight excluding hydrogens is 374 g/mol. The molecule has 2 heterocycles. The molecule has 2 N–H and O–H groups in total. The van der Waals surface area contributed by atoms with Crippen molar-refractivity contribution in [3.05, 3.63) is 71.8 Å². The number of hydrogen-bond donors (Lipinski definition) is 2. The Bertz CT molecular complexity index is 813. The van der Waals surface area contributed by atoms with Crippen LogP contribution in [0.25, 0.3) is 0 Å². The highest BCUT2D eigenvalue weighted by Crippen LogP contribution is 2.35. The number of fused-ring (bicyclic) bond motifs is 1. The molecule has 0 amide bonds. The lowest BCUT2D eigenvalue weighted by molar-refractivity contribution is -0.327. The summed E-state index contributed by atoms with van der Waals surface area (Å²) < 4.78 is 17.8. The van der Waals surface area contributed by atoms with Crippen LogP contribution in [0.15, 0.2) is 65.8 Å². The predicted molar refractivity (Wildman–Crippen MR) is 105 cm³/mol. The van der Waals surface area contributed by atoms with Crippen LogP contribution in [0.2, 0.25) is 0 Å². The summed E-state index contributed by atoms with van der Waals surface area (Å²) in [5.41, 5.74) is 2.35. The smallest absolute Gasteiger partial charge is 0.184 e. The third-order valence-corrected chi connectivity index (χ3v) is 5.25. The molecule has 2 aliphatic heterocycles. The zero-order valence-corrected chi connectivity index (χ0v) is 16.1. The molecule has 7 nitrogen and oxygen atoms in total. The Morgan fingerprint density at radius 3 is 2.38 bits per heavy atom. The molecule has 2 aromatic carbocycles. The van der Waals surface area contributed by atoms with Gasteiger partial charge in [-0.05, 0) is 5.56 Å². The molecule has 2 saturated heterocycles. The van der Waals surface area contributed by atoms with Gasteiger partial charge >= 0.3 is 0 Å². The molecule has 2 aliphatic rings. The van der Waals surface area contributed by atoms with Gasteiger partial charge in [-0.25, -0.2) is 0 Å². The number of oxime groups is 1. The first-order chi connectivity index (χ1) is 14.2. The number of aliphatic hydroxyl groups is 2. The van der Waals surface area contributed by atoms with Gasteiger partial charge in [0.05, 0.1) is 18.4 Å². The van der Waals surface area contributed by atoms with E-state index in [1.807, 2.05) is 60.7 Å². The maximum Gasteiger partial charge on any atom is 0.184 e. The second kappa shape index (κ2) is 9.02. The lowest BCUT2D eigenvalue weighted by Gasteiger charge is -2.46. The van der Waals surface area contributed by atoms with E-state index in [-0.39, 0.29) is 13.0 Å². The average molecular weight is 399 g/mol. The number of benzene rings is 2. The topological polar surface area (TPSA) is 89.7 Å². The highest BCUT2D eigenvalue weighted by atomic mass is 16.7. The van der Waals surface area contributed by atoms with E-state index in [4.69, 9.17) is 19.0 Å². The van der Waals surface area contributed by atoms with Crippen LogP contribution in [-0.4, -0.2) is 60.2 Å². The van der Waals surface area contributed by atoms with Crippen molar-refractivity contribution in [2.24, 2.45) is 5.16 Å². The second-order valence-electron chi connectivity index (χ2n) is 7.16. The Labute approximate surface area is 169 Å². The lowest BCUT2D eigenvalue weighted by Crippen LogP contribution is -2.61. The van der Waals surface area contributed by atoms with Gasteiger partial charge in [0.25, 0.3) is 0 Å². The molecule has 6 atom stereocenters. The van der Waals surface area contributed by atoms with Gasteiger partial charge in [-0.15, -0.1) is 0 Å². The minimum atomic E-state index is -1.13. The quantitative estimate of drug-likeness (QED) is 0.591. The highest BCUT2D eigenvalue weighted by Gasteiger charge is 2.48. The summed E-state index contributed by atoms with van der Waals surface area (Å²) in [5, 5.41) is 25.5. The summed E-state index contributed by atoms with van der Waals surface area (Å²) in [5.74, 6) is 0. The minimum Gasteiger partial charge on any atom is -0.399 e. The van der Waals surface area contributed by atoms with E-state index in [9.17, 15) is 10.2 Å². The van der Waals surface area contributed by atoms with E-state index in [2.05, 4.69) is 5.16 Å². The van der Waals surface area contributed by atoms with Crippen molar-refractivity contribution in [2.75, 3.05) is 13.7 Å². The third kappa shape index (κ3) is 4.34. The fourth-order valence-corrected chi connectivity index (χ4v) is 3.78. The second-order valence-corrected chi connectivity index (χ2v) is 7.16. The van der Waals surface area contributed by atoms with Crippen LogP contribution >= 0.6 is 0 Å². The summed E-state index contributed by atoms with van der Waals surface area (Å²) in [4.78, 5) is 4.97. The molecular formula is C22H25NO6. The lowest BCUT2D eigenvalue weighted by atomic mass is 9.90. The monoisotopic (exact) mass is 399 g/mol. The molecule has 0 spiro atoms. The van der Waals surface area contributed by atoms with E-state index in [0.717, 1.165) is 11.1 Å². The van der Waals surface area contributed by atoms with Crippen molar-refractivity contribution in [1.29, 1.82) is 0 Å². The fourth-order valence-electron chi connectivity index (χ4n) is 3.78. The molecule has 29 heavy (non-hydrogen) atoms. The van der Waals surface area contributed by atoms with E-state index in [1.165, 1.54) is 7.11 Å². The predicted octanol–water partition coefficient (Wildman–Crippen LogP) is 2.03. The summed E-state index contributed by atoms with van der Waals surface area (Å²) in [6.07, 6.45) is -4.39. The molecule has 7 heteroatoms. The highest BCUT2D eigenvalue weighted by molar-refractivity contribution is 6.00. The van der Waals surface area contributed by atoms with Gasteiger partial charge < -0.3 is 29.3 Å². The first kappa shape index (κ1) is 20.0. The van der Waals surface area contributed by atoms with Gasteiger partial charge in [-0.1, -0.05) is 65.8 Å². The molecule has 4 rings (SSSR count). The van der Waals surface area contributed by atoms with E-state index >= 15 is 0 Å². The van der Waals surface area contributed by atoms with Gasteiger partial charge in [-0.2, -0.15) is 0 Å². The zero-order valence-electron chi connectivity index (χ0n) is 16.1. The van der Waals surface area contributed by atoms with Crippen molar-refractivity contribution in [2.45, 2.75) is 43.2 Å². The van der Waals surface area contributed by atoms with Crippen molar-refractivity contribution in [1.82, 2.24) is 0 Å². The third-order valence-electron chi connectivity index (χ3n) is 5.25. The molecule has 154 valence electrons. The van der Waals surface area contributed by atoms with E-state index in [1.54, 1.807) is 0 Å². The van der Waals surface area contributed by atoms with Crippen LogP contribution < -0.4 is 0 Å². The summed E-state index contributed by atoms with van der Waals surface area (Å²) in [6.45, 7) is 0.257. The van der Waals surface area contributed by atoms with E-state index in [0.29, 0.717) is 5.71 Å². The van der Waals surface area contributed by atoms with Gasteiger partial charge in [0, 0.05) is 12.0 Å². The Balaban J connectivity index is 1.47. The summed E-state index contributed by atoms with van der Waals surface area (Å²) in [7, 11) is 1.47. The minimum absolute atomic E-state index is 0.257. The van der Waals surface area contributed by atoms with Crippen LogP contribution in [0, 0.1) is 0 Å². The molecule has 0 aliphatic carbocycles. The largest absolute Gasteiger partial charge is 0.399 e. The maximum absolute atomic E-state index is 10.7. The number of rotatable bonds is 5. The summed E-state index contributed by atoms with van der Waals surface area (Å²) >= 11 is 0. The Morgan fingerprint density at radius 2 is 1.69 bits per heavy atom. The SMILES string of the molecule is CO/N=C(/C[C@@H]1O[C@@H]2COC(c3ccccc3)O[C@H]2[C@H](O)[C@H]1O)c1ccccc1. The van der Waals surface area contributed by atoms with Crippen LogP contribution in [-0.2, 0) is 19.0 Å². The molecule has 2 aromatic rings. The molecule has 0 bridgehead atoms. The van der Waals surface area contributed by atoms with Crippen molar-refractivity contribution in [3.8, 4) is 0 Å². The molecule has 0 saturated carbocycles. The molecule has 0 radical (unpaired) electrons. The van der Waals surface area contributed by atoms with Crippen molar-refractivity contribution >= 4 is 5.71 Å². The van der Waals surface area contributed by atoms with Crippen molar-refractivity contribution < 1.29 is 29.3 Å². The van der Waals surface area contributed by atoms with Crippen LogP contribution in [0.1, 0.15) is 23.8 Å². The van der Waals surface area contributed by atoms with Gasteiger partial charge in [0.15, 0.2) is 6.29 Å². The normalized spacial score (nSPS) is 32.4. The van der Waals surface area contributed by atoms with E-state index < -0.39 is 36.8 Å². The van der Waals surface area contributed by atoms with Crippen molar-refractivity contribution in [3.63, 3.8) is 0 Å².